The van der Waals surface area contributed by atoms with Crippen molar-refractivity contribution in [2.24, 2.45) is 11.0 Å². The molecule has 0 bridgehead atoms. The van der Waals surface area contributed by atoms with Gasteiger partial charge in [0.05, 0.1) is 0 Å². The molecule has 0 saturated heterocycles. The van der Waals surface area contributed by atoms with E-state index in [1.54, 1.807) is 6.21 Å². The zero-order chi connectivity index (χ0) is 10.1. The Labute approximate surface area is 80.6 Å². The van der Waals surface area contributed by atoms with Crippen molar-refractivity contribution in [3.05, 3.63) is 0 Å². The summed E-state index contributed by atoms with van der Waals surface area (Å²) in [7, 11) is 0. The van der Waals surface area contributed by atoms with Crippen LogP contribution in [0.25, 0.3) is 0 Å². The molecule has 13 heavy (non-hydrogen) atoms. The van der Waals surface area contributed by atoms with Crippen molar-refractivity contribution in [1.29, 1.82) is 0 Å². The highest BCUT2D eigenvalue weighted by atomic mass is 16.2. The second kappa shape index (κ2) is 7.77. The monoisotopic (exact) mass is 184 g/mol. The molecule has 0 aliphatic carbocycles. The molecule has 0 rings (SSSR count). The lowest BCUT2D eigenvalue weighted by Crippen LogP contribution is -2.22. The van der Waals surface area contributed by atoms with Crippen LogP contribution < -0.4 is 5.43 Å². The molecule has 0 atom stereocenters. The maximum atomic E-state index is 11.0. The number of carbonyl (C=O) groups excluding carboxylic acids is 1. The number of amides is 1. The van der Waals surface area contributed by atoms with E-state index in [1.807, 2.05) is 13.8 Å². The van der Waals surface area contributed by atoms with Gasteiger partial charge in [-0.05, 0) is 12.8 Å². The van der Waals surface area contributed by atoms with Crippen LogP contribution >= 0.6 is 0 Å². The SMILES string of the molecule is CCCCC/C=N/NC(=O)C(C)C. The van der Waals surface area contributed by atoms with E-state index in [0.29, 0.717) is 0 Å². The third-order valence-corrected chi connectivity index (χ3v) is 1.73. The fraction of sp³-hybridized carbons (Fsp3) is 0.800. The highest BCUT2D eigenvalue weighted by molar-refractivity contribution is 5.78. The van der Waals surface area contributed by atoms with Gasteiger partial charge in [-0.1, -0.05) is 33.6 Å². The summed E-state index contributed by atoms with van der Waals surface area (Å²) >= 11 is 0. The molecule has 0 spiro atoms. The Kier molecular flexibility index (Phi) is 7.26. The van der Waals surface area contributed by atoms with Gasteiger partial charge in [0.15, 0.2) is 0 Å². The summed E-state index contributed by atoms with van der Waals surface area (Å²) in [5.74, 6) is -0.0143. The number of hydrogen-bond donors (Lipinski definition) is 1. The third kappa shape index (κ3) is 7.50. The number of hydrogen-bond acceptors (Lipinski definition) is 2. The number of rotatable bonds is 6. The Morgan fingerprint density at radius 3 is 2.69 bits per heavy atom. The molecule has 0 aromatic rings. The van der Waals surface area contributed by atoms with Crippen molar-refractivity contribution in [3.8, 4) is 0 Å². The molecule has 3 nitrogen and oxygen atoms in total. The van der Waals surface area contributed by atoms with Crippen LogP contribution in [-0.4, -0.2) is 12.1 Å². The summed E-state index contributed by atoms with van der Waals surface area (Å²) in [6.45, 7) is 5.86. The number of unbranched alkanes of at least 4 members (excludes halogenated alkanes) is 3. The van der Waals surface area contributed by atoms with Gasteiger partial charge in [0, 0.05) is 12.1 Å². The summed E-state index contributed by atoms with van der Waals surface area (Å²) in [5.41, 5.74) is 2.49. The van der Waals surface area contributed by atoms with E-state index in [2.05, 4.69) is 17.5 Å². The maximum Gasteiger partial charge on any atom is 0.242 e. The Bertz CT molecular complexity index is 164. The molecule has 0 aliphatic heterocycles. The van der Waals surface area contributed by atoms with Crippen LogP contribution in [0.1, 0.15) is 46.5 Å². The quantitative estimate of drug-likeness (QED) is 0.384. The standard InChI is InChI=1S/C10H20N2O/c1-4-5-6-7-8-11-12-10(13)9(2)3/h8-9H,4-7H2,1-3H3,(H,12,13)/b11-8+. The highest BCUT2D eigenvalue weighted by Crippen LogP contribution is 1.96. The van der Waals surface area contributed by atoms with E-state index in [0.717, 1.165) is 12.8 Å². The minimum atomic E-state index is -0.0215. The normalized spacial score (nSPS) is 11.1. The largest absolute Gasteiger partial charge is 0.273 e. The first-order valence-electron chi connectivity index (χ1n) is 4.99. The van der Waals surface area contributed by atoms with Crippen molar-refractivity contribution in [1.82, 2.24) is 5.43 Å². The molecular formula is C10H20N2O. The minimum Gasteiger partial charge on any atom is -0.273 e. The van der Waals surface area contributed by atoms with Gasteiger partial charge in [0.25, 0.3) is 0 Å². The van der Waals surface area contributed by atoms with E-state index < -0.39 is 0 Å². The van der Waals surface area contributed by atoms with Gasteiger partial charge in [0.2, 0.25) is 5.91 Å². The summed E-state index contributed by atoms with van der Waals surface area (Å²) in [5, 5.41) is 3.84. The molecule has 0 fully saturated rings. The average Bonchev–Trinajstić information content (AvgIpc) is 2.10. The molecule has 1 N–H and O–H groups in total. The smallest absolute Gasteiger partial charge is 0.242 e. The Morgan fingerprint density at radius 2 is 2.15 bits per heavy atom. The van der Waals surface area contributed by atoms with Crippen LogP contribution in [0.15, 0.2) is 5.10 Å². The Balaban J connectivity index is 3.36. The van der Waals surface area contributed by atoms with Gasteiger partial charge >= 0.3 is 0 Å². The van der Waals surface area contributed by atoms with E-state index in [4.69, 9.17) is 0 Å². The van der Waals surface area contributed by atoms with Crippen molar-refractivity contribution in [2.75, 3.05) is 0 Å². The first-order valence-corrected chi connectivity index (χ1v) is 4.99. The predicted octanol–water partition coefficient (Wildman–Crippen LogP) is 2.32. The van der Waals surface area contributed by atoms with Crippen molar-refractivity contribution < 1.29 is 4.79 Å². The molecule has 1 amide bonds. The van der Waals surface area contributed by atoms with Crippen LogP contribution in [-0.2, 0) is 4.79 Å². The van der Waals surface area contributed by atoms with Gasteiger partial charge < -0.3 is 0 Å². The second-order valence-electron chi connectivity index (χ2n) is 3.44. The van der Waals surface area contributed by atoms with Crippen LogP contribution in [0.5, 0.6) is 0 Å². The number of nitrogens with zero attached hydrogens (tertiary/aromatic N) is 1. The predicted molar refractivity (Wildman–Crippen MR) is 55.6 cm³/mol. The Hall–Kier alpha value is -0.860. The molecule has 3 heteroatoms. The van der Waals surface area contributed by atoms with Crippen molar-refractivity contribution in [2.45, 2.75) is 46.5 Å². The average molecular weight is 184 g/mol. The molecule has 0 radical (unpaired) electrons. The summed E-state index contributed by atoms with van der Waals surface area (Å²) in [6, 6.07) is 0. The molecule has 76 valence electrons. The number of carbonyl (C=O) groups is 1. The fourth-order valence-electron chi connectivity index (χ4n) is 0.789. The maximum absolute atomic E-state index is 11.0. The van der Waals surface area contributed by atoms with Gasteiger partial charge in [-0.15, -0.1) is 0 Å². The van der Waals surface area contributed by atoms with E-state index >= 15 is 0 Å². The van der Waals surface area contributed by atoms with Crippen LogP contribution in [0, 0.1) is 5.92 Å². The zero-order valence-electron chi connectivity index (χ0n) is 8.84. The van der Waals surface area contributed by atoms with Crippen LogP contribution in [0.2, 0.25) is 0 Å². The lowest BCUT2D eigenvalue weighted by atomic mass is 10.2. The van der Waals surface area contributed by atoms with Crippen molar-refractivity contribution in [3.63, 3.8) is 0 Å². The van der Waals surface area contributed by atoms with Gasteiger partial charge in [0.1, 0.15) is 0 Å². The van der Waals surface area contributed by atoms with Gasteiger partial charge in [-0.2, -0.15) is 5.10 Å². The van der Waals surface area contributed by atoms with Gasteiger partial charge in [-0.25, -0.2) is 5.43 Å². The first kappa shape index (κ1) is 12.1. The number of nitrogens with one attached hydrogen (secondary N) is 1. The fourth-order valence-corrected chi connectivity index (χ4v) is 0.789. The van der Waals surface area contributed by atoms with Crippen LogP contribution in [0.3, 0.4) is 0 Å². The molecular weight excluding hydrogens is 164 g/mol. The van der Waals surface area contributed by atoms with Crippen LogP contribution in [0.4, 0.5) is 0 Å². The lowest BCUT2D eigenvalue weighted by Gasteiger charge is -2.00. The number of hydrazone groups is 1. The highest BCUT2D eigenvalue weighted by Gasteiger charge is 2.03. The van der Waals surface area contributed by atoms with E-state index in [1.165, 1.54) is 12.8 Å². The second-order valence-corrected chi connectivity index (χ2v) is 3.44. The molecule has 0 heterocycles. The first-order chi connectivity index (χ1) is 6.18. The Morgan fingerprint density at radius 1 is 1.46 bits per heavy atom. The zero-order valence-corrected chi connectivity index (χ0v) is 8.84. The molecule has 0 aromatic carbocycles. The molecule has 0 aromatic heterocycles. The van der Waals surface area contributed by atoms with Crippen molar-refractivity contribution >= 4 is 12.1 Å². The lowest BCUT2D eigenvalue weighted by molar-refractivity contribution is -0.123. The topological polar surface area (TPSA) is 41.5 Å². The minimum absolute atomic E-state index is 0.00721. The molecule has 0 saturated carbocycles. The summed E-state index contributed by atoms with van der Waals surface area (Å²) in [4.78, 5) is 11.0. The van der Waals surface area contributed by atoms with E-state index in [9.17, 15) is 4.79 Å². The van der Waals surface area contributed by atoms with Gasteiger partial charge in [-0.3, -0.25) is 4.79 Å². The van der Waals surface area contributed by atoms with E-state index in [-0.39, 0.29) is 11.8 Å². The summed E-state index contributed by atoms with van der Waals surface area (Å²) in [6.07, 6.45) is 6.32. The summed E-state index contributed by atoms with van der Waals surface area (Å²) < 4.78 is 0. The molecule has 0 aliphatic rings. The third-order valence-electron chi connectivity index (χ3n) is 1.73. The molecule has 0 unspecified atom stereocenters.